The number of ketones is 1. The zero-order chi connectivity index (χ0) is 28.7. The number of ether oxygens (including phenoxy) is 4. The summed E-state index contributed by atoms with van der Waals surface area (Å²) < 4.78 is 22.3. The molecule has 0 aliphatic carbocycles. The summed E-state index contributed by atoms with van der Waals surface area (Å²) in [5.74, 6) is 0.982. The van der Waals surface area contributed by atoms with E-state index in [0.717, 1.165) is 73.5 Å². The lowest BCUT2D eigenvalue weighted by atomic mass is 9.98. The van der Waals surface area contributed by atoms with Gasteiger partial charge in [-0.3, -0.25) is 9.59 Å². The van der Waals surface area contributed by atoms with E-state index in [2.05, 4.69) is 11.7 Å². The van der Waals surface area contributed by atoms with Gasteiger partial charge in [0, 0.05) is 24.5 Å². The fraction of sp³-hybridized carbons (Fsp3) is 0.469. The predicted octanol–water partition coefficient (Wildman–Crippen LogP) is 6.22. The van der Waals surface area contributed by atoms with E-state index in [9.17, 15) is 14.4 Å². The van der Waals surface area contributed by atoms with E-state index in [0.29, 0.717) is 49.7 Å². The number of hydrogen-bond donors (Lipinski definition) is 1. The average molecular weight is 553 g/mol. The first-order chi connectivity index (χ1) is 19.4. The van der Waals surface area contributed by atoms with Crippen molar-refractivity contribution in [3.63, 3.8) is 0 Å². The number of methoxy groups -OCH3 is 1. The fourth-order valence-corrected chi connectivity index (χ4v) is 4.67. The van der Waals surface area contributed by atoms with E-state index in [1.165, 1.54) is 7.11 Å². The molecule has 0 amide bonds. The first-order valence-corrected chi connectivity index (χ1v) is 14.1. The van der Waals surface area contributed by atoms with Gasteiger partial charge >= 0.3 is 11.9 Å². The van der Waals surface area contributed by atoms with Crippen molar-refractivity contribution in [1.82, 2.24) is 0 Å². The molecule has 2 aromatic carbocycles. The average Bonchev–Trinajstić information content (AvgIpc) is 2.95. The van der Waals surface area contributed by atoms with Gasteiger partial charge in [0.2, 0.25) is 0 Å². The van der Waals surface area contributed by atoms with Crippen molar-refractivity contribution in [2.45, 2.75) is 71.1 Å². The maximum atomic E-state index is 12.2. The Morgan fingerprint density at radius 1 is 1.00 bits per heavy atom. The van der Waals surface area contributed by atoms with Crippen molar-refractivity contribution in [2.24, 2.45) is 0 Å². The molecule has 216 valence electrons. The number of esters is 1. The monoisotopic (exact) mass is 552 g/mol. The Balaban J connectivity index is 1.46. The van der Waals surface area contributed by atoms with Crippen LogP contribution in [-0.4, -0.2) is 49.8 Å². The highest BCUT2D eigenvalue weighted by Crippen LogP contribution is 2.36. The Labute approximate surface area is 236 Å². The first kappa shape index (κ1) is 30.7. The van der Waals surface area contributed by atoms with Gasteiger partial charge in [0.1, 0.15) is 17.2 Å². The van der Waals surface area contributed by atoms with E-state index in [1.54, 1.807) is 6.08 Å². The summed E-state index contributed by atoms with van der Waals surface area (Å²) in [5.41, 5.74) is 3.53. The van der Waals surface area contributed by atoms with Crippen molar-refractivity contribution >= 4 is 23.8 Å². The van der Waals surface area contributed by atoms with Gasteiger partial charge in [0.15, 0.2) is 5.78 Å². The second kappa shape index (κ2) is 16.3. The minimum Gasteiger partial charge on any atom is -0.494 e. The van der Waals surface area contributed by atoms with Crippen LogP contribution < -0.4 is 14.2 Å². The molecule has 0 saturated carbocycles. The van der Waals surface area contributed by atoms with E-state index in [4.69, 9.17) is 19.3 Å². The van der Waals surface area contributed by atoms with Gasteiger partial charge in [-0.15, -0.1) is 0 Å². The Bertz CT molecular complexity index is 1180. The highest BCUT2D eigenvalue weighted by atomic mass is 16.5. The van der Waals surface area contributed by atoms with Crippen molar-refractivity contribution in [3.8, 4) is 17.2 Å². The molecule has 40 heavy (non-hydrogen) atoms. The van der Waals surface area contributed by atoms with Crippen molar-refractivity contribution in [1.29, 1.82) is 0 Å². The van der Waals surface area contributed by atoms with Gasteiger partial charge in [-0.1, -0.05) is 32.3 Å². The molecule has 0 spiro atoms. The van der Waals surface area contributed by atoms with E-state index < -0.39 is 5.97 Å². The number of hydrogen-bond acceptors (Lipinski definition) is 7. The van der Waals surface area contributed by atoms with E-state index in [1.807, 2.05) is 30.3 Å². The van der Waals surface area contributed by atoms with Crippen LogP contribution in [0.15, 0.2) is 36.4 Å². The zero-order valence-electron chi connectivity index (χ0n) is 23.5. The van der Waals surface area contributed by atoms with Crippen LogP contribution in [0, 0.1) is 0 Å². The Hall–Kier alpha value is -3.81. The maximum Gasteiger partial charge on any atom is 0.328 e. The summed E-state index contributed by atoms with van der Waals surface area (Å²) in [7, 11) is 1.36. The number of aliphatic carboxylic acids is 1. The Morgan fingerprint density at radius 3 is 2.58 bits per heavy atom. The van der Waals surface area contributed by atoms with Gasteiger partial charge in [-0.2, -0.15) is 0 Å². The van der Waals surface area contributed by atoms with Crippen LogP contribution in [-0.2, 0) is 27.2 Å². The third-order valence-electron chi connectivity index (χ3n) is 6.74. The zero-order valence-corrected chi connectivity index (χ0v) is 23.5. The van der Waals surface area contributed by atoms with Gasteiger partial charge in [-0.25, -0.2) is 4.79 Å². The second-order valence-electron chi connectivity index (χ2n) is 9.76. The number of fused-ring (bicyclic) bond motifs is 1. The number of carbonyl (C=O) groups excluding carboxylic acids is 2. The molecule has 0 atom stereocenters. The predicted molar refractivity (Wildman–Crippen MR) is 152 cm³/mol. The molecule has 3 rings (SSSR count). The van der Waals surface area contributed by atoms with Crippen LogP contribution in [0.25, 0.3) is 6.08 Å². The number of unbranched alkanes of at least 4 members (excludes halogenated alkanes) is 3. The highest BCUT2D eigenvalue weighted by Gasteiger charge is 2.23. The minimum absolute atomic E-state index is 0.129. The minimum atomic E-state index is -1.01. The second-order valence-corrected chi connectivity index (χ2v) is 9.76. The molecule has 1 aliphatic heterocycles. The lowest BCUT2D eigenvalue weighted by Crippen LogP contribution is -2.17. The molecule has 8 nitrogen and oxygen atoms in total. The molecule has 0 fully saturated rings. The standard InChI is InChI=1S/C32H40O8/c1-3-9-27-29(16-15-26-28(33)18-21-40-32(26)27)39-19-7-5-4-6-10-23-12-14-25(22-24(23)13-17-30(34)35)38-20-8-11-31(36)37-2/h12-17,22H,3-11,18-21H2,1-2H3,(H,34,35)/b17-13+. The van der Waals surface area contributed by atoms with Gasteiger partial charge < -0.3 is 24.1 Å². The normalized spacial score (nSPS) is 12.6. The van der Waals surface area contributed by atoms with Gasteiger partial charge in [-0.05, 0) is 73.6 Å². The number of carboxylic acid groups (broad SMARTS) is 1. The van der Waals surface area contributed by atoms with Gasteiger partial charge in [0.05, 0.1) is 32.5 Å². The molecule has 1 N–H and O–H groups in total. The number of benzene rings is 2. The van der Waals surface area contributed by atoms with E-state index >= 15 is 0 Å². The highest BCUT2D eigenvalue weighted by molar-refractivity contribution is 6.00. The summed E-state index contributed by atoms with van der Waals surface area (Å²) >= 11 is 0. The number of carbonyl (C=O) groups is 3. The number of carboxylic acids is 1. The van der Waals surface area contributed by atoms with Crippen molar-refractivity contribution in [2.75, 3.05) is 26.9 Å². The SMILES string of the molecule is CCCc1c(OCCCCCCc2ccc(OCCCC(=O)OC)cc2/C=C/C(=O)O)ccc2c1OCCC2=O. The van der Waals surface area contributed by atoms with Gasteiger partial charge in [0.25, 0.3) is 0 Å². The van der Waals surface area contributed by atoms with Crippen LogP contribution in [0.1, 0.15) is 85.3 Å². The molecule has 0 saturated heterocycles. The third kappa shape index (κ3) is 9.43. The molecule has 0 radical (unpaired) electrons. The summed E-state index contributed by atoms with van der Waals surface area (Å²) in [6, 6.07) is 9.40. The molecule has 0 bridgehead atoms. The summed E-state index contributed by atoms with van der Waals surface area (Å²) in [6.45, 7) is 3.49. The maximum absolute atomic E-state index is 12.2. The lowest BCUT2D eigenvalue weighted by Gasteiger charge is -2.22. The summed E-state index contributed by atoms with van der Waals surface area (Å²) in [6.07, 6.45) is 10.4. The summed E-state index contributed by atoms with van der Waals surface area (Å²) in [5, 5.41) is 9.08. The Morgan fingerprint density at radius 2 is 1.80 bits per heavy atom. The quantitative estimate of drug-likeness (QED) is 0.140. The van der Waals surface area contributed by atoms with Crippen LogP contribution in [0.5, 0.6) is 17.2 Å². The first-order valence-electron chi connectivity index (χ1n) is 14.1. The largest absolute Gasteiger partial charge is 0.494 e. The lowest BCUT2D eigenvalue weighted by molar-refractivity contribution is -0.140. The Kier molecular flexibility index (Phi) is 12.5. The fourth-order valence-electron chi connectivity index (χ4n) is 4.67. The molecule has 0 unspecified atom stereocenters. The van der Waals surface area contributed by atoms with Crippen LogP contribution in [0.3, 0.4) is 0 Å². The number of aryl methyl sites for hydroxylation is 1. The molecular weight excluding hydrogens is 512 g/mol. The molecule has 8 heteroatoms. The van der Waals surface area contributed by atoms with Crippen LogP contribution >= 0.6 is 0 Å². The van der Waals surface area contributed by atoms with E-state index in [-0.39, 0.29) is 18.2 Å². The topological polar surface area (TPSA) is 108 Å². The van der Waals surface area contributed by atoms with Crippen molar-refractivity contribution < 1.29 is 38.4 Å². The molecular formula is C32H40O8. The molecule has 2 aromatic rings. The molecule has 1 heterocycles. The van der Waals surface area contributed by atoms with Crippen LogP contribution in [0.2, 0.25) is 0 Å². The van der Waals surface area contributed by atoms with Crippen LogP contribution in [0.4, 0.5) is 0 Å². The molecule has 0 aromatic heterocycles. The number of Topliss-reactive ketones (excluding diaryl/α,β-unsaturated/α-hetero) is 1. The summed E-state index contributed by atoms with van der Waals surface area (Å²) in [4.78, 5) is 34.6. The molecule has 1 aliphatic rings. The van der Waals surface area contributed by atoms with Crippen molar-refractivity contribution in [3.05, 3.63) is 58.7 Å². The third-order valence-corrected chi connectivity index (χ3v) is 6.74. The smallest absolute Gasteiger partial charge is 0.328 e. The number of rotatable bonds is 17.